The molecule has 0 bridgehead atoms. The number of aliphatic hydroxyl groups is 1. The summed E-state index contributed by atoms with van der Waals surface area (Å²) in [6, 6.07) is 11.6. The Bertz CT molecular complexity index is 477. The Hall–Kier alpha value is -1.67. The molecule has 0 radical (unpaired) electrons. The standard InChI is InChI=1S/C14H15NO/c1-11-6-3-4-8-13(11)14(2,16)12-7-5-9-15-10-12/h3-10,16H,1-2H3. The zero-order valence-corrected chi connectivity index (χ0v) is 9.51. The molecule has 0 fully saturated rings. The van der Waals surface area contributed by atoms with Crippen molar-refractivity contribution in [2.75, 3.05) is 0 Å². The van der Waals surface area contributed by atoms with E-state index in [1.807, 2.05) is 43.3 Å². The van der Waals surface area contributed by atoms with Crippen molar-refractivity contribution in [2.45, 2.75) is 19.4 Å². The molecule has 1 unspecified atom stereocenters. The van der Waals surface area contributed by atoms with Crippen molar-refractivity contribution in [3.05, 3.63) is 65.5 Å². The van der Waals surface area contributed by atoms with E-state index in [4.69, 9.17) is 0 Å². The minimum absolute atomic E-state index is 0.810. The molecular weight excluding hydrogens is 198 g/mol. The van der Waals surface area contributed by atoms with Crippen LogP contribution in [0.4, 0.5) is 0 Å². The first-order valence-corrected chi connectivity index (χ1v) is 5.31. The predicted octanol–water partition coefficient (Wildman–Crippen LogP) is 2.65. The van der Waals surface area contributed by atoms with Gasteiger partial charge in [-0.05, 0) is 31.0 Å². The summed E-state index contributed by atoms with van der Waals surface area (Å²) in [6.07, 6.45) is 3.41. The fourth-order valence-corrected chi connectivity index (χ4v) is 1.93. The van der Waals surface area contributed by atoms with E-state index in [1.54, 1.807) is 19.3 Å². The van der Waals surface area contributed by atoms with E-state index < -0.39 is 5.60 Å². The molecule has 1 heterocycles. The second-order valence-electron chi connectivity index (χ2n) is 4.13. The minimum Gasteiger partial charge on any atom is -0.381 e. The SMILES string of the molecule is Cc1ccccc1C(C)(O)c1cccnc1. The van der Waals surface area contributed by atoms with Gasteiger partial charge in [-0.3, -0.25) is 4.98 Å². The number of benzene rings is 1. The van der Waals surface area contributed by atoms with Crippen LogP contribution in [-0.2, 0) is 5.60 Å². The molecule has 0 aliphatic carbocycles. The van der Waals surface area contributed by atoms with Gasteiger partial charge in [0.05, 0.1) is 0 Å². The zero-order chi connectivity index (χ0) is 11.6. The molecule has 2 aromatic rings. The Morgan fingerprint density at radius 1 is 1.12 bits per heavy atom. The molecule has 1 aromatic heterocycles. The number of rotatable bonds is 2. The molecule has 0 saturated carbocycles. The van der Waals surface area contributed by atoms with Gasteiger partial charge in [0.15, 0.2) is 0 Å². The molecule has 0 saturated heterocycles. The third-order valence-electron chi connectivity index (χ3n) is 2.89. The lowest BCUT2D eigenvalue weighted by atomic mass is 9.86. The van der Waals surface area contributed by atoms with Gasteiger partial charge in [0.2, 0.25) is 0 Å². The highest BCUT2D eigenvalue weighted by Crippen LogP contribution is 2.30. The van der Waals surface area contributed by atoms with Crippen LogP contribution < -0.4 is 0 Å². The Kier molecular flexibility index (Phi) is 2.75. The van der Waals surface area contributed by atoms with Gasteiger partial charge in [0, 0.05) is 18.0 Å². The number of hydrogen-bond donors (Lipinski definition) is 1. The highest BCUT2D eigenvalue weighted by atomic mass is 16.3. The Morgan fingerprint density at radius 2 is 1.88 bits per heavy atom. The van der Waals surface area contributed by atoms with Gasteiger partial charge >= 0.3 is 0 Å². The zero-order valence-electron chi connectivity index (χ0n) is 9.51. The van der Waals surface area contributed by atoms with E-state index in [2.05, 4.69) is 4.98 Å². The summed E-state index contributed by atoms with van der Waals surface area (Å²) in [5.74, 6) is 0. The Morgan fingerprint density at radius 3 is 2.50 bits per heavy atom. The first-order valence-electron chi connectivity index (χ1n) is 5.31. The van der Waals surface area contributed by atoms with Gasteiger partial charge in [-0.25, -0.2) is 0 Å². The molecule has 0 aliphatic heterocycles. The lowest BCUT2D eigenvalue weighted by Crippen LogP contribution is -2.24. The maximum atomic E-state index is 10.6. The number of hydrogen-bond acceptors (Lipinski definition) is 2. The average Bonchev–Trinajstić information content (AvgIpc) is 2.30. The van der Waals surface area contributed by atoms with Crippen molar-refractivity contribution in [2.24, 2.45) is 0 Å². The molecule has 16 heavy (non-hydrogen) atoms. The summed E-state index contributed by atoms with van der Waals surface area (Å²) in [5.41, 5.74) is 1.82. The van der Waals surface area contributed by atoms with Crippen molar-refractivity contribution >= 4 is 0 Å². The van der Waals surface area contributed by atoms with Gasteiger partial charge in [0.25, 0.3) is 0 Å². The van der Waals surface area contributed by atoms with Gasteiger partial charge in [-0.1, -0.05) is 30.3 Å². The van der Waals surface area contributed by atoms with Crippen LogP contribution >= 0.6 is 0 Å². The van der Waals surface area contributed by atoms with Crippen LogP contribution in [0.2, 0.25) is 0 Å². The quantitative estimate of drug-likeness (QED) is 0.832. The molecular formula is C14H15NO. The van der Waals surface area contributed by atoms with Gasteiger partial charge in [-0.2, -0.15) is 0 Å². The van der Waals surface area contributed by atoms with Crippen LogP contribution in [0.5, 0.6) is 0 Å². The summed E-state index contributed by atoms with van der Waals surface area (Å²) in [4.78, 5) is 4.05. The lowest BCUT2D eigenvalue weighted by molar-refractivity contribution is 0.101. The van der Waals surface area contributed by atoms with Crippen LogP contribution in [-0.4, -0.2) is 10.1 Å². The third kappa shape index (κ3) is 1.84. The van der Waals surface area contributed by atoms with Crippen LogP contribution in [0.15, 0.2) is 48.8 Å². The summed E-state index contributed by atoms with van der Waals surface area (Å²) < 4.78 is 0. The topological polar surface area (TPSA) is 33.1 Å². The second kappa shape index (κ2) is 4.06. The van der Waals surface area contributed by atoms with E-state index in [1.165, 1.54) is 0 Å². The summed E-state index contributed by atoms with van der Waals surface area (Å²) in [5, 5.41) is 10.6. The monoisotopic (exact) mass is 213 g/mol. The fourth-order valence-electron chi connectivity index (χ4n) is 1.93. The molecule has 1 atom stereocenters. The van der Waals surface area contributed by atoms with Gasteiger partial charge in [0.1, 0.15) is 5.60 Å². The Labute approximate surface area is 95.6 Å². The normalized spacial score (nSPS) is 14.4. The first-order chi connectivity index (χ1) is 7.62. The number of nitrogens with zero attached hydrogens (tertiary/aromatic N) is 1. The molecule has 0 amide bonds. The van der Waals surface area contributed by atoms with Gasteiger partial charge < -0.3 is 5.11 Å². The molecule has 0 aliphatic rings. The largest absolute Gasteiger partial charge is 0.381 e. The molecule has 2 rings (SSSR count). The van der Waals surface area contributed by atoms with Crippen LogP contribution in [0.25, 0.3) is 0 Å². The highest BCUT2D eigenvalue weighted by molar-refractivity contribution is 5.38. The first kappa shape index (κ1) is 10.8. The van der Waals surface area contributed by atoms with Crippen LogP contribution in [0.3, 0.4) is 0 Å². The molecule has 1 aromatic carbocycles. The molecule has 1 N–H and O–H groups in total. The molecule has 0 spiro atoms. The lowest BCUT2D eigenvalue weighted by Gasteiger charge is -2.25. The number of aryl methyl sites for hydroxylation is 1. The van der Waals surface area contributed by atoms with Crippen molar-refractivity contribution in [1.29, 1.82) is 0 Å². The maximum Gasteiger partial charge on any atom is 0.114 e. The predicted molar refractivity (Wildman–Crippen MR) is 64.1 cm³/mol. The van der Waals surface area contributed by atoms with E-state index in [0.29, 0.717) is 0 Å². The van der Waals surface area contributed by atoms with E-state index in [9.17, 15) is 5.11 Å². The molecule has 82 valence electrons. The van der Waals surface area contributed by atoms with E-state index in [-0.39, 0.29) is 0 Å². The van der Waals surface area contributed by atoms with Crippen molar-refractivity contribution < 1.29 is 5.11 Å². The molecule has 2 nitrogen and oxygen atoms in total. The van der Waals surface area contributed by atoms with Gasteiger partial charge in [-0.15, -0.1) is 0 Å². The Balaban J connectivity index is 2.51. The number of pyridine rings is 1. The van der Waals surface area contributed by atoms with E-state index >= 15 is 0 Å². The fraction of sp³-hybridized carbons (Fsp3) is 0.214. The highest BCUT2D eigenvalue weighted by Gasteiger charge is 2.26. The van der Waals surface area contributed by atoms with Crippen molar-refractivity contribution in [3.63, 3.8) is 0 Å². The summed E-state index contributed by atoms with van der Waals surface area (Å²) >= 11 is 0. The smallest absolute Gasteiger partial charge is 0.114 e. The summed E-state index contributed by atoms with van der Waals surface area (Å²) in [7, 11) is 0. The van der Waals surface area contributed by atoms with Crippen molar-refractivity contribution in [1.82, 2.24) is 4.98 Å². The van der Waals surface area contributed by atoms with Crippen LogP contribution in [0.1, 0.15) is 23.6 Å². The van der Waals surface area contributed by atoms with E-state index in [0.717, 1.165) is 16.7 Å². The van der Waals surface area contributed by atoms with Crippen LogP contribution in [0, 0.1) is 6.92 Å². The molecule has 2 heteroatoms. The average molecular weight is 213 g/mol. The second-order valence-corrected chi connectivity index (χ2v) is 4.13. The third-order valence-corrected chi connectivity index (χ3v) is 2.89. The summed E-state index contributed by atoms with van der Waals surface area (Å²) in [6.45, 7) is 3.80. The maximum absolute atomic E-state index is 10.6. The van der Waals surface area contributed by atoms with Crippen molar-refractivity contribution in [3.8, 4) is 0 Å². The minimum atomic E-state index is -0.987. The number of aromatic nitrogens is 1.